The first-order valence-electron chi connectivity index (χ1n) is 5.64. The number of likely N-dealkylation sites (N-methyl/N-ethyl adjacent to an activating group) is 1. The lowest BCUT2D eigenvalue weighted by Gasteiger charge is -2.42. The number of aliphatic hydroxyl groups excluding tert-OH is 1. The highest BCUT2D eigenvalue weighted by molar-refractivity contribution is 7.09. The van der Waals surface area contributed by atoms with Crippen LogP contribution in [0.4, 0.5) is 0 Å². The Kier molecular flexibility index (Phi) is 3.97. The number of hydrogen-bond acceptors (Lipinski definition) is 4. The van der Waals surface area contributed by atoms with E-state index in [2.05, 4.69) is 29.5 Å². The lowest BCUT2D eigenvalue weighted by atomic mass is 9.86. The molecule has 0 aromatic carbocycles. The van der Waals surface area contributed by atoms with Gasteiger partial charge in [-0.1, -0.05) is 6.07 Å². The third kappa shape index (κ3) is 2.83. The zero-order chi connectivity index (χ0) is 11.4. The van der Waals surface area contributed by atoms with E-state index in [1.165, 1.54) is 4.88 Å². The summed E-state index contributed by atoms with van der Waals surface area (Å²) in [5, 5.41) is 11.4. The first-order chi connectivity index (χ1) is 7.74. The topological polar surface area (TPSA) is 32.7 Å². The Balaban J connectivity index is 1.73. The van der Waals surface area contributed by atoms with Gasteiger partial charge in [-0.2, -0.15) is 0 Å². The third-order valence-electron chi connectivity index (χ3n) is 3.08. The van der Waals surface area contributed by atoms with Crippen molar-refractivity contribution in [3.8, 4) is 0 Å². The van der Waals surface area contributed by atoms with Crippen molar-refractivity contribution >= 4 is 11.3 Å². The normalized spacial score (nSPS) is 18.7. The Morgan fingerprint density at radius 1 is 1.56 bits per heavy atom. The largest absolute Gasteiger partial charge is 0.396 e. The number of aliphatic hydroxyl groups is 1. The molecule has 1 fully saturated rings. The standard InChI is InChI=1S/C12H19NO2S/c1-13(5-4-11-3-2-6-16-11)7-12(8-14)9-15-10-12/h2-3,6,14H,4-5,7-10H2,1H3. The summed E-state index contributed by atoms with van der Waals surface area (Å²) in [7, 11) is 2.11. The molecule has 4 heteroatoms. The monoisotopic (exact) mass is 241 g/mol. The number of rotatable bonds is 6. The Labute approximate surface area is 101 Å². The maximum Gasteiger partial charge on any atom is 0.0579 e. The molecule has 0 aliphatic carbocycles. The molecule has 0 spiro atoms. The van der Waals surface area contributed by atoms with E-state index in [0.717, 1.165) is 19.5 Å². The van der Waals surface area contributed by atoms with Gasteiger partial charge < -0.3 is 14.7 Å². The zero-order valence-electron chi connectivity index (χ0n) is 9.69. The van der Waals surface area contributed by atoms with Crippen LogP contribution in [0.15, 0.2) is 17.5 Å². The van der Waals surface area contributed by atoms with Gasteiger partial charge in [-0.15, -0.1) is 11.3 Å². The van der Waals surface area contributed by atoms with Gasteiger partial charge in [-0.05, 0) is 24.9 Å². The molecule has 0 radical (unpaired) electrons. The van der Waals surface area contributed by atoms with Gasteiger partial charge >= 0.3 is 0 Å². The molecule has 1 N–H and O–H groups in total. The summed E-state index contributed by atoms with van der Waals surface area (Å²) >= 11 is 1.81. The minimum Gasteiger partial charge on any atom is -0.396 e. The van der Waals surface area contributed by atoms with Crippen LogP contribution in [0.5, 0.6) is 0 Å². The maximum atomic E-state index is 9.33. The van der Waals surface area contributed by atoms with Gasteiger partial charge in [0.2, 0.25) is 0 Å². The van der Waals surface area contributed by atoms with Crippen molar-refractivity contribution in [3.63, 3.8) is 0 Å². The van der Waals surface area contributed by atoms with E-state index in [-0.39, 0.29) is 12.0 Å². The van der Waals surface area contributed by atoms with Gasteiger partial charge in [0.1, 0.15) is 0 Å². The van der Waals surface area contributed by atoms with Crippen molar-refractivity contribution in [2.24, 2.45) is 5.41 Å². The summed E-state index contributed by atoms with van der Waals surface area (Å²) in [5.41, 5.74) is 0.00417. The fraction of sp³-hybridized carbons (Fsp3) is 0.667. The van der Waals surface area contributed by atoms with Crippen molar-refractivity contribution < 1.29 is 9.84 Å². The lowest BCUT2D eigenvalue weighted by Crippen LogP contribution is -2.52. The fourth-order valence-electron chi connectivity index (χ4n) is 2.03. The summed E-state index contributed by atoms with van der Waals surface area (Å²) in [4.78, 5) is 3.72. The molecule has 0 amide bonds. The number of ether oxygens (including phenoxy) is 1. The van der Waals surface area contributed by atoms with Gasteiger partial charge in [0.25, 0.3) is 0 Å². The zero-order valence-corrected chi connectivity index (χ0v) is 10.5. The van der Waals surface area contributed by atoms with Gasteiger partial charge in [0.15, 0.2) is 0 Å². The van der Waals surface area contributed by atoms with E-state index in [4.69, 9.17) is 4.74 Å². The van der Waals surface area contributed by atoms with E-state index in [0.29, 0.717) is 13.2 Å². The highest BCUT2D eigenvalue weighted by Gasteiger charge is 2.38. The van der Waals surface area contributed by atoms with Crippen LogP contribution < -0.4 is 0 Å². The Morgan fingerprint density at radius 3 is 2.88 bits per heavy atom. The van der Waals surface area contributed by atoms with Gasteiger partial charge in [0.05, 0.1) is 25.2 Å². The van der Waals surface area contributed by atoms with Gasteiger partial charge in [-0.3, -0.25) is 0 Å². The molecule has 0 atom stereocenters. The maximum absolute atomic E-state index is 9.33. The summed E-state index contributed by atoms with van der Waals surface area (Å²) in [6.45, 7) is 3.60. The SMILES string of the molecule is CN(CCc1cccs1)CC1(CO)COC1. The molecule has 2 heterocycles. The molecule has 2 rings (SSSR count). The Hall–Kier alpha value is -0.420. The first-order valence-corrected chi connectivity index (χ1v) is 6.52. The van der Waals surface area contributed by atoms with Crippen LogP contribution >= 0.6 is 11.3 Å². The van der Waals surface area contributed by atoms with Crippen LogP contribution in [0.25, 0.3) is 0 Å². The second kappa shape index (κ2) is 5.27. The van der Waals surface area contributed by atoms with Crippen LogP contribution in [0.3, 0.4) is 0 Å². The van der Waals surface area contributed by atoms with Crippen LogP contribution in [0.2, 0.25) is 0 Å². The molecular weight excluding hydrogens is 222 g/mol. The van der Waals surface area contributed by atoms with Crippen molar-refractivity contribution in [2.45, 2.75) is 6.42 Å². The molecule has 90 valence electrons. The minimum atomic E-state index is 0.00417. The highest BCUT2D eigenvalue weighted by atomic mass is 32.1. The van der Waals surface area contributed by atoms with Crippen LogP contribution in [0, 0.1) is 5.41 Å². The first kappa shape index (κ1) is 12.0. The van der Waals surface area contributed by atoms with E-state index in [1.54, 1.807) is 0 Å². The summed E-state index contributed by atoms with van der Waals surface area (Å²) < 4.78 is 5.20. The molecule has 0 unspecified atom stereocenters. The summed E-state index contributed by atoms with van der Waals surface area (Å²) in [6.07, 6.45) is 1.09. The van der Waals surface area contributed by atoms with E-state index in [9.17, 15) is 5.11 Å². The molecule has 1 aliphatic heterocycles. The molecular formula is C12H19NO2S. The predicted octanol–water partition coefficient (Wildman–Crippen LogP) is 1.23. The third-order valence-corrected chi connectivity index (χ3v) is 4.01. The number of thiophene rings is 1. The van der Waals surface area contributed by atoms with Crippen molar-refractivity contribution in [1.29, 1.82) is 0 Å². The highest BCUT2D eigenvalue weighted by Crippen LogP contribution is 2.27. The smallest absolute Gasteiger partial charge is 0.0579 e. The molecule has 1 saturated heterocycles. The van der Waals surface area contributed by atoms with Crippen molar-refractivity contribution in [1.82, 2.24) is 4.90 Å². The lowest BCUT2D eigenvalue weighted by molar-refractivity contribution is -0.146. The second-order valence-corrected chi connectivity index (χ2v) is 5.75. The molecule has 0 bridgehead atoms. The van der Waals surface area contributed by atoms with Gasteiger partial charge in [0, 0.05) is 18.0 Å². The van der Waals surface area contributed by atoms with E-state index < -0.39 is 0 Å². The molecule has 0 saturated carbocycles. The fourth-order valence-corrected chi connectivity index (χ4v) is 2.73. The Bertz CT molecular complexity index is 303. The van der Waals surface area contributed by atoms with Crippen LogP contribution in [-0.2, 0) is 11.2 Å². The average Bonchev–Trinajstić information content (AvgIpc) is 2.73. The predicted molar refractivity (Wildman–Crippen MR) is 65.9 cm³/mol. The molecule has 3 nitrogen and oxygen atoms in total. The second-order valence-electron chi connectivity index (χ2n) is 4.72. The summed E-state index contributed by atoms with van der Waals surface area (Å²) in [6, 6.07) is 4.27. The minimum absolute atomic E-state index is 0.00417. The van der Waals surface area contributed by atoms with E-state index >= 15 is 0 Å². The van der Waals surface area contributed by atoms with Crippen LogP contribution in [-0.4, -0.2) is 50.0 Å². The Morgan fingerprint density at radius 2 is 2.38 bits per heavy atom. The van der Waals surface area contributed by atoms with E-state index in [1.807, 2.05) is 11.3 Å². The quantitative estimate of drug-likeness (QED) is 0.813. The molecule has 16 heavy (non-hydrogen) atoms. The average molecular weight is 241 g/mol. The van der Waals surface area contributed by atoms with Crippen LogP contribution in [0.1, 0.15) is 4.88 Å². The van der Waals surface area contributed by atoms with Crippen molar-refractivity contribution in [3.05, 3.63) is 22.4 Å². The number of hydrogen-bond donors (Lipinski definition) is 1. The summed E-state index contributed by atoms with van der Waals surface area (Å²) in [5.74, 6) is 0. The van der Waals surface area contributed by atoms with Crippen molar-refractivity contribution in [2.75, 3.05) is 40.0 Å². The number of nitrogens with zero attached hydrogens (tertiary/aromatic N) is 1. The molecule has 1 aromatic rings. The van der Waals surface area contributed by atoms with Gasteiger partial charge in [-0.25, -0.2) is 0 Å². The molecule has 1 aliphatic rings. The molecule has 1 aromatic heterocycles.